The van der Waals surface area contributed by atoms with Gasteiger partial charge in [-0.1, -0.05) is 0 Å². The molecule has 0 spiro atoms. The fourth-order valence-corrected chi connectivity index (χ4v) is 2.16. The van der Waals surface area contributed by atoms with Crippen LogP contribution in [0.3, 0.4) is 0 Å². The number of hydrogen-bond acceptors (Lipinski definition) is 7. The molecule has 9 nitrogen and oxygen atoms in total. The van der Waals surface area contributed by atoms with Crippen LogP contribution in [0.5, 0.6) is 5.88 Å². The van der Waals surface area contributed by atoms with Gasteiger partial charge in [0.2, 0.25) is 5.88 Å². The molecule has 0 saturated heterocycles. The van der Waals surface area contributed by atoms with Crippen LogP contribution >= 0.6 is 0 Å². The van der Waals surface area contributed by atoms with Crippen molar-refractivity contribution in [3.05, 3.63) is 58.7 Å². The van der Waals surface area contributed by atoms with Crippen LogP contribution < -0.4 is 15.6 Å². The molecule has 0 fully saturated rings. The molecular formula is C17H17N5O4. The molecule has 0 aliphatic rings. The highest BCUT2D eigenvalue weighted by Crippen LogP contribution is 2.17. The van der Waals surface area contributed by atoms with Gasteiger partial charge < -0.3 is 14.5 Å². The Hall–Kier alpha value is -3.49. The van der Waals surface area contributed by atoms with Crippen LogP contribution in [0.1, 0.15) is 17.4 Å². The van der Waals surface area contributed by atoms with Crippen LogP contribution in [0.25, 0.3) is 11.5 Å². The lowest BCUT2D eigenvalue weighted by atomic mass is 10.3. The Morgan fingerprint density at radius 1 is 1.23 bits per heavy atom. The van der Waals surface area contributed by atoms with E-state index in [1.807, 2.05) is 0 Å². The van der Waals surface area contributed by atoms with Crippen molar-refractivity contribution in [2.24, 2.45) is 0 Å². The summed E-state index contributed by atoms with van der Waals surface area (Å²) in [5.74, 6) is 0.583. The summed E-state index contributed by atoms with van der Waals surface area (Å²) in [5.41, 5.74) is 0.533. The Morgan fingerprint density at radius 2 is 2.12 bits per heavy atom. The fourth-order valence-electron chi connectivity index (χ4n) is 2.16. The highest BCUT2D eigenvalue weighted by Gasteiger charge is 2.09. The summed E-state index contributed by atoms with van der Waals surface area (Å²) in [6.45, 7) is 2.65. The first-order chi connectivity index (χ1) is 12.7. The van der Waals surface area contributed by atoms with Crippen molar-refractivity contribution in [2.75, 3.05) is 13.2 Å². The lowest BCUT2D eigenvalue weighted by Crippen LogP contribution is -2.31. The summed E-state index contributed by atoms with van der Waals surface area (Å²) in [7, 11) is 0. The second kappa shape index (κ2) is 8.06. The predicted octanol–water partition coefficient (Wildman–Crippen LogP) is 1.12. The molecule has 0 bridgehead atoms. The minimum absolute atomic E-state index is 0.175. The molecule has 0 radical (unpaired) electrons. The van der Waals surface area contributed by atoms with E-state index in [4.69, 9.17) is 9.15 Å². The maximum Gasteiger partial charge on any atom is 0.271 e. The Balaban J connectivity index is 1.48. The maximum atomic E-state index is 12.0. The third-order valence-corrected chi connectivity index (χ3v) is 3.45. The van der Waals surface area contributed by atoms with E-state index in [0.29, 0.717) is 23.9 Å². The molecule has 0 saturated carbocycles. The Bertz CT molecular complexity index is 919. The van der Waals surface area contributed by atoms with Crippen LogP contribution in [0.4, 0.5) is 0 Å². The Morgan fingerprint density at radius 3 is 2.81 bits per heavy atom. The van der Waals surface area contributed by atoms with E-state index >= 15 is 0 Å². The molecule has 1 amide bonds. The van der Waals surface area contributed by atoms with Crippen LogP contribution in [0.2, 0.25) is 0 Å². The normalized spacial score (nSPS) is 10.5. The fraction of sp³-hybridized carbons (Fsp3) is 0.235. The summed E-state index contributed by atoms with van der Waals surface area (Å²) >= 11 is 0. The van der Waals surface area contributed by atoms with Gasteiger partial charge in [0.25, 0.3) is 11.5 Å². The SMILES string of the molecule is CCn1nc(C(=O)NCCOc2ccc(-c3ccco3)nn2)ccc1=O. The average Bonchev–Trinajstić information content (AvgIpc) is 3.20. The van der Waals surface area contributed by atoms with Crippen molar-refractivity contribution in [1.82, 2.24) is 25.3 Å². The number of carbonyl (C=O) groups is 1. The third kappa shape index (κ3) is 4.12. The minimum atomic E-state index is -0.380. The number of nitrogens with zero attached hydrogens (tertiary/aromatic N) is 4. The van der Waals surface area contributed by atoms with E-state index < -0.39 is 0 Å². The topological polar surface area (TPSA) is 112 Å². The number of aromatic nitrogens is 4. The number of hydrogen-bond donors (Lipinski definition) is 1. The van der Waals surface area contributed by atoms with Crippen LogP contribution in [-0.2, 0) is 6.54 Å². The number of amides is 1. The summed E-state index contributed by atoms with van der Waals surface area (Å²) in [4.78, 5) is 23.5. The first kappa shape index (κ1) is 17.3. The summed E-state index contributed by atoms with van der Waals surface area (Å²) in [5, 5.41) is 14.6. The van der Waals surface area contributed by atoms with Gasteiger partial charge in [-0.15, -0.1) is 10.2 Å². The number of aryl methyl sites for hydroxylation is 1. The molecule has 3 heterocycles. The van der Waals surface area contributed by atoms with Gasteiger partial charge in [0.15, 0.2) is 5.76 Å². The highest BCUT2D eigenvalue weighted by atomic mass is 16.5. The van der Waals surface area contributed by atoms with Gasteiger partial charge in [-0.3, -0.25) is 9.59 Å². The zero-order valence-corrected chi connectivity index (χ0v) is 14.1. The largest absolute Gasteiger partial charge is 0.475 e. The zero-order valence-electron chi connectivity index (χ0n) is 14.1. The van der Waals surface area contributed by atoms with Crippen molar-refractivity contribution in [2.45, 2.75) is 13.5 Å². The van der Waals surface area contributed by atoms with Gasteiger partial charge in [-0.25, -0.2) is 4.68 Å². The van der Waals surface area contributed by atoms with Gasteiger partial charge in [0.05, 0.1) is 12.8 Å². The van der Waals surface area contributed by atoms with Crippen molar-refractivity contribution >= 4 is 5.91 Å². The molecule has 0 atom stereocenters. The Kier molecular flexibility index (Phi) is 5.37. The van der Waals surface area contributed by atoms with Gasteiger partial charge in [0, 0.05) is 18.7 Å². The molecule has 0 aliphatic carbocycles. The second-order valence-electron chi connectivity index (χ2n) is 5.21. The molecule has 3 aromatic heterocycles. The quantitative estimate of drug-likeness (QED) is 0.632. The molecule has 3 aromatic rings. The number of furan rings is 1. The van der Waals surface area contributed by atoms with Crippen molar-refractivity contribution in [1.29, 1.82) is 0 Å². The van der Waals surface area contributed by atoms with Crippen LogP contribution in [0.15, 0.2) is 51.9 Å². The van der Waals surface area contributed by atoms with E-state index in [1.54, 1.807) is 37.5 Å². The molecule has 3 rings (SSSR count). The van der Waals surface area contributed by atoms with Gasteiger partial charge in [-0.2, -0.15) is 5.10 Å². The summed E-state index contributed by atoms with van der Waals surface area (Å²) < 4.78 is 11.9. The monoisotopic (exact) mass is 355 g/mol. The first-order valence-electron chi connectivity index (χ1n) is 8.04. The van der Waals surface area contributed by atoms with Crippen molar-refractivity contribution in [3.8, 4) is 17.3 Å². The zero-order chi connectivity index (χ0) is 18.4. The smallest absolute Gasteiger partial charge is 0.271 e. The van der Waals surface area contributed by atoms with E-state index in [2.05, 4.69) is 20.6 Å². The van der Waals surface area contributed by atoms with Crippen LogP contribution in [0, 0.1) is 0 Å². The molecule has 0 aromatic carbocycles. The van der Waals surface area contributed by atoms with Gasteiger partial charge >= 0.3 is 0 Å². The summed E-state index contributed by atoms with van der Waals surface area (Å²) in [6.07, 6.45) is 1.56. The van der Waals surface area contributed by atoms with E-state index in [0.717, 1.165) is 0 Å². The standard InChI is InChI=1S/C17H17N5O4/c1-2-22-16(23)8-6-13(21-22)17(24)18-9-11-26-15-7-5-12(19-20-15)14-4-3-10-25-14/h3-8,10H,2,9,11H2,1H3,(H,18,24). The van der Waals surface area contributed by atoms with Gasteiger partial charge in [0.1, 0.15) is 18.0 Å². The average molecular weight is 355 g/mol. The highest BCUT2D eigenvalue weighted by molar-refractivity contribution is 5.91. The number of rotatable bonds is 7. The molecule has 134 valence electrons. The number of carbonyl (C=O) groups excluding carboxylic acids is 1. The second-order valence-corrected chi connectivity index (χ2v) is 5.21. The number of nitrogens with one attached hydrogen (secondary N) is 1. The van der Waals surface area contributed by atoms with Crippen molar-refractivity contribution < 1.29 is 13.9 Å². The van der Waals surface area contributed by atoms with Gasteiger partial charge in [-0.05, 0) is 31.2 Å². The predicted molar refractivity (Wildman–Crippen MR) is 91.7 cm³/mol. The lowest BCUT2D eigenvalue weighted by molar-refractivity contribution is 0.0939. The van der Waals surface area contributed by atoms with Crippen molar-refractivity contribution in [3.63, 3.8) is 0 Å². The van der Waals surface area contributed by atoms with E-state index in [1.165, 1.54) is 16.8 Å². The van der Waals surface area contributed by atoms with Crippen LogP contribution in [-0.4, -0.2) is 39.0 Å². The molecule has 26 heavy (non-hydrogen) atoms. The molecular weight excluding hydrogens is 338 g/mol. The Labute approximate surface area is 148 Å². The van der Waals surface area contributed by atoms with E-state index in [-0.39, 0.29) is 30.3 Å². The molecule has 0 aliphatic heterocycles. The minimum Gasteiger partial charge on any atom is -0.475 e. The number of ether oxygens (including phenoxy) is 1. The lowest BCUT2D eigenvalue weighted by Gasteiger charge is -2.07. The molecule has 0 unspecified atom stereocenters. The van der Waals surface area contributed by atoms with E-state index in [9.17, 15) is 9.59 Å². The molecule has 1 N–H and O–H groups in total. The summed E-state index contributed by atoms with van der Waals surface area (Å²) in [6, 6.07) is 9.67. The third-order valence-electron chi connectivity index (χ3n) is 3.45. The maximum absolute atomic E-state index is 12.0. The molecule has 9 heteroatoms. The first-order valence-corrected chi connectivity index (χ1v) is 8.04.